The molecule has 1 amide bonds. The summed E-state index contributed by atoms with van der Waals surface area (Å²) in [6.45, 7) is 0. The first-order valence-corrected chi connectivity index (χ1v) is 8.98. The summed E-state index contributed by atoms with van der Waals surface area (Å²) in [5.74, 6) is -2.90. The van der Waals surface area contributed by atoms with E-state index in [2.05, 4.69) is 0 Å². The molecule has 4 nitrogen and oxygen atoms in total. The van der Waals surface area contributed by atoms with Crippen molar-refractivity contribution < 1.29 is 22.0 Å². The van der Waals surface area contributed by atoms with Gasteiger partial charge in [-0.3, -0.25) is 9.52 Å². The number of sulfonamides is 1. The van der Waals surface area contributed by atoms with Gasteiger partial charge in [-0.2, -0.15) is 0 Å². The number of nitrogens with one attached hydrogen (secondary N) is 1. The van der Waals surface area contributed by atoms with E-state index in [9.17, 15) is 22.0 Å². The SMILES string of the molecule is O=C(Cc1ccc(Cl)c(F)c1)NS(=O)(=O)Cc1ccc(Cl)c(F)c1. The van der Waals surface area contributed by atoms with Crippen molar-refractivity contribution in [3.63, 3.8) is 0 Å². The van der Waals surface area contributed by atoms with Gasteiger partial charge in [-0.05, 0) is 35.4 Å². The summed E-state index contributed by atoms with van der Waals surface area (Å²) < 4.78 is 52.3. The van der Waals surface area contributed by atoms with Gasteiger partial charge in [0.2, 0.25) is 15.9 Å². The van der Waals surface area contributed by atoms with Crippen LogP contribution >= 0.6 is 23.2 Å². The Morgan fingerprint density at radius 1 is 0.958 bits per heavy atom. The van der Waals surface area contributed by atoms with Crippen LogP contribution in [0.1, 0.15) is 11.1 Å². The second-order valence-corrected chi connectivity index (χ2v) is 7.49. The van der Waals surface area contributed by atoms with Crippen LogP contribution in [0.2, 0.25) is 10.0 Å². The molecular weight excluding hydrogens is 383 g/mol. The molecule has 2 aromatic rings. The Bertz CT molecular complexity index is 888. The zero-order chi connectivity index (χ0) is 17.9. The molecule has 0 unspecified atom stereocenters. The summed E-state index contributed by atoms with van der Waals surface area (Å²) in [6.07, 6.45) is -0.345. The second-order valence-electron chi connectivity index (χ2n) is 4.96. The van der Waals surface area contributed by atoms with Crippen LogP contribution in [0.25, 0.3) is 0 Å². The molecule has 0 fully saturated rings. The van der Waals surface area contributed by atoms with Crippen LogP contribution in [-0.4, -0.2) is 14.3 Å². The Kier molecular flexibility index (Phi) is 5.79. The fraction of sp³-hybridized carbons (Fsp3) is 0.133. The molecule has 2 rings (SSSR count). The predicted octanol–water partition coefficient (Wildman–Crippen LogP) is 3.46. The first-order chi connectivity index (χ1) is 11.2. The summed E-state index contributed by atoms with van der Waals surface area (Å²) in [5.41, 5.74) is 0.400. The molecule has 1 N–H and O–H groups in total. The molecule has 0 aromatic heterocycles. The lowest BCUT2D eigenvalue weighted by molar-refractivity contribution is -0.118. The lowest BCUT2D eigenvalue weighted by Gasteiger charge is -2.08. The molecule has 0 aliphatic heterocycles. The smallest absolute Gasteiger partial charge is 0.239 e. The van der Waals surface area contributed by atoms with Gasteiger partial charge in [0.05, 0.1) is 22.2 Å². The Balaban J connectivity index is 2.03. The maximum Gasteiger partial charge on any atom is 0.239 e. The van der Waals surface area contributed by atoms with Crippen molar-refractivity contribution in [2.75, 3.05) is 0 Å². The minimum atomic E-state index is -4.03. The molecule has 0 spiro atoms. The highest BCUT2D eigenvalue weighted by Gasteiger charge is 2.17. The lowest BCUT2D eigenvalue weighted by Crippen LogP contribution is -2.32. The van der Waals surface area contributed by atoms with Gasteiger partial charge in [0.25, 0.3) is 0 Å². The van der Waals surface area contributed by atoms with Crippen molar-refractivity contribution >= 4 is 39.1 Å². The van der Waals surface area contributed by atoms with E-state index in [1.807, 2.05) is 4.72 Å². The molecular formula is C15H11Cl2F2NO3S. The Morgan fingerprint density at radius 2 is 1.46 bits per heavy atom. The number of benzene rings is 2. The number of carbonyl (C=O) groups is 1. The average molecular weight is 394 g/mol. The van der Waals surface area contributed by atoms with Crippen LogP contribution < -0.4 is 4.72 Å². The molecule has 0 aliphatic carbocycles. The van der Waals surface area contributed by atoms with Crippen LogP contribution in [0.5, 0.6) is 0 Å². The first-order valence-electron chi connectivity index (χ1n) is 6.57. The largest absolute Gasteiger partial charge is 0.274 e. The Labute approximate surface area is 147 Å². The summed E-state index contributed by atoms with van der Waals surface area (Å²) in [5, 5.41) is -0.235. The van der Waals surface area contributed by atoms with E-state index in [-0.39, 0.29) is 27.6 Å². The summed E-state index contributed by atoms with van der Waals surface area (Å²) in [6, 6.07) is 7.25. The van der Waals surface area contributed by atoms with Crippen LogP contribution in [0, 0.1) is 11.6 Å². The molecule has 0 saturated heterocycles. The molecule has 0 aliphatic rings. The van der Waals surface area contributed by atoms with E-state index in [4.69, 9.17) is 23.2 Å². The van der Waals surface area contributed by atoms with Crippen molar-refractivity contribution in [3.8, 4) is 0 Å². The molecule has 24 heavy (non-hydrogen) atoms. The standard InChI is InChI=1S/C15H11Cl2F2NO3S/c16-11-3-1-9(5-13(11)18)7-15(21)20-24(22,23)8-10-2-4-12(17)14(19)6-10/h1-6H,7-8H2,(H,20,21). The molecule has 9 heteroatoms. The molecule has 0 radical (unpaired) electrons. The number of hydrogen-bond donors (Lipinski definition) is 1. The van der Waals surface area contributed by atoms with E-state index in [1.54, 1.807) is 0 Å². The van der Waals surface area contributed by atoms with Crippen LogP contribution in [0.15, 0.2) is 36.4 Å². The van der Waals surface area contributed by atoms with Crippen LogP contribution in [0.4, 0.5) is 8.78 Å². The number of halogens is 4. The zero-order valence-electron chi connectivity index (χ0n) is 12.0. The quantitative estimate of drug-likeness (QED) is 0.845. The molecule has 2 aromatic carbocycles. The molecule has 128 valence electrons. The monoisotopic (exact) mass is 393 g/mol. The molecule has 0 atom stereocenters. The minimum Gasteiger partial charge on any atom is -0.274 e. The first kappa shape index (κ1) is 18.6. The van der Waals surface area contributed by atoms with Crippen molar-refractivity contribution in [2.24, 2.45) is 0 Å². The number of carbonyl (C=O) groups excluding carboxylic acids is 1. The van der Waals surface area contributed by atoms with Gasteiger partial charge < -0.3 is 0 Å². The highest BCUT2D eigenvalue weighted by molar-refractivity contribution is 7.89. The van der Waals surface area contributed by atoms with Crippen molar-refractivity contribution in [3.05, 3.63) is 69.2 Å². The molecule has 0 saturated carbocycles. The van der Waals surface area contributed by atoms with Gasteiger partial charge in [0.1, 0.15) is 11.6 Å². The van der Waals surface area contributed by atoms with Crippen molar-refractivity contribution in [1.82, 2.24) is 4.72 Å². The van der Waals surface area contributed by atoms with E-state index in [0.29, 0.717) is 0 Å². The maximum absolute atomic E-state index is 13.3. The van der Waals surface area contributed by atoms with Gasteiger partial charge in [-0.15, -0.1) is 0 Å². The summed E-state index contributed by atoms with van der Waals surface area (Å²) >= 11 is 11.0. The fourth-order valence-corrected chi connectivity index (χ4v) is 3.27. The summed E-state index contributed by atoms with van der Waals surface area (Å²) in [7, 11) is -4.03. The van der Waals surface area contributed by atoms with E-state index in [0.717, 1.165) is 12.1 Å². The Morgan fingerprint density at radius 3 is 2.00 bits per heavy atom. The predicted molar refractivity (Wildman–Crippen MR) is 87.3 cm³/mol. The van der Waals surface area contributed by atoms with Gasteiger partial charge in [-0.1, -0.05) is 35.3 Å². The molecule has 0 bridgehead atoms. The second kappa shape index (κ2) is 7.46. The topological polar surface area (TPSA) is 63.2 Å². The number of hydrogen-bond acceptors (Lipinski definition) is 3. The third-order valence-electron chi connectivity index (χ3n) is 2.96. The van der Waals surface area contributed by atoms with Gasteiger partial charge in [0.15, 0.2) is 0 Å². The zero-order valence-corrected chi connectivity index (χ0v) is 14.4. The average Bonchev–Trinajstić information content (AvgIpc) is 2.46. The fourth-order valence-electron chi connectivity index (χ4n) is 1.93. The number of amides is 1. The van der Waals surface area contributed by atoms with E-state index >= 15 is 0 Å². The minimum absolute atomic E-state index is 0.100. The normalized spacial score (nSPS) is 11.3. The van der Waals surface area contributed by atoms with E-state index in [1.165, 1.54) is 24.3 Å². The van der Waals surface area contributed by atoms with E-state index < -0.39 is 33.3 Å². The summed E-state index contributed by atoms with van der Waals surface area (Å²) in [4.78, 5) is 11.8. The Hall–Kier alpha value is -1.70. The van der Waals surface area contributed by atoms with Gasteiger partial charge >= 0.3 is 0 Å². The van der Waals surface area contributed by atoms with Crippen LogP contribution in [0.3, 0.4) is 0 Å². The lowest BCUT2D eigenvalue weighted by atomic mass is 10.1. The molecule has 0 heterocycles. The van der Waals surface area contributed by atoms with Gasteiger partial charge in [0, 0.05) is 0 Å². The highest BCUT2D eigenvalue weighted by atomic mass is 35.5. The van der Waals surface area contributed by atoms with Crippen LogP contribution in [-0.2, 0) is 27.0 Å². The van der Waals surface area contributed by atoms with Crippen molar-refractivity contribution in [2.45, 2.75) is 12.2 Å². The van der Waals surface area contributed by atoms with Crippen molar-refractivity contribution in [1.29, 1.82) is 0 Å². The number of rotatable bonds is 5. The third-order valence-corrected chi connectivity index (χ3v) is 4.82. The van der Waals surface area contributed by atoms with Gasteiger partial charge in [-0.25, -0.2) is 17.2 Å². The third kappa shape index (κ3) is 5.15. The maximum atomic E-state index is 13.3. The highest BCUT2D eigenvalue weighted by Crippen LogP contribution is 2.18.